The first-order valence-electron chi connectivity index (χ1n) is 7.93. The summed E-state index contributed by atoms with van der Waals surface area (Å²) in [5.41, 5.74) is 7.92. The summed E-state index contributed by atoms with van der Waals surface area (Å²) in [6.07, 6.45) is 9.94. The van der Waals surface area contributed by atoms with E-state index in [1.54, 1.807) is 12.4 Å². The minimum atomic E-state index is 0.139. The highest BCUT2D eigenvalue weighted by molar-refractivity contribution is 5.77. The fourth-order valence-corrected chi connectivity index (χ4v) is 2.81. The topological polar surface area (TPSA) is 76.5 Å². The zero-order valence-corrected chi connectivity index (χ0v) is 13.0. The predicted octanol–water partition coefficient (Wildman–Crippen LogP) is 2.26. The number of rotatable bonds is 4. The van der Waals surface area contributed by atoms with Crippen LogP contribution in [0.2, 0.25) is 0 Å². The van der Waals surface area contributed by atoms with Crippen molar-refractivity contribution in [2.45, 2.75) is 37.4 Å². The molecule has 118 valence electrons. The number of nitrogens with two attached hydrogens (primary N) is 1. The van der Waals surface area contributed by atoms with Gasteiger partial charge in [0.2, 0.25) is 0 Å². The lowest BCUT2D eigenvalue weighted by Crippen LogP contribution is -2.36. The summed E-state index contributed by atoms with van der Waals surface area (Å²) in [6, 6.07) is 12.2. The van der Waals surface area contributed by atoms with Crippen LogP contribution in [0.3, 0.4) is 0 Å². The van der Waals surface area contributed by atoms with Crippen molar-refractivity contribution in [1.29, 1.82) is 0 Å². The summed E-state index contributed by atoms with van der Waals surface area (Å²) in [5, 5.41) is 0. The smallest absolute Gasteiger partial charge is 0.0807 e. The first kappa shape index (κ1) is 15.5. The van der Waals surface area contributed by atoms with Gasteiger partial charge in [0.1, 0.15) is 0 Å². The molecule has 0 aliphatic heterocycles. The normalized spacial score (nSPS) is 25.2. The molecule has 0 amide bonds. The van der Waals surface area contributed by atoms with Crippen LogP contribution in [0.4, 0.5) is 0 Å². The third-order valence-corrected chi connectivity index (χ3v) is 3.90. The van der Waals surface area contributed by atoms with Gasteiger partial charge in [0.15, 0.2) is 0 Å². The van der Waals surface area contributed by atoms with Crippen molar-refractivity contribution in [2.24, 2.45) is 15.7 Å². The van der Waals surface area contributed by atoms with E-state index in [9.17, 15) is 0 Å². The van der Waals surface area contributed by atoms with Gasteiger partial charge >= 0.3 is 0 Å². The van der Waals surface area contributed by atoms with Crippen LogP contribution < -0.4 is 5.73 Å². The molecule has 0 radical (unpaired) electrons. The van der Waals surface area contributed by atoms with Crippen LogP contribution >= 0.6 is 0 Å². The Balaban J connectivity index is 1.62. The summed E-state index contributed by atoms with van der Waals surface area (Å²) in [5.74, 6) is 0. The monoisotopic (exact) mass is 307 g/mol. The molecule has 0 spiro atoms. The summed E-state index contributed by atoms with van der Waals surface area (Å²) in [7, 11) is 0. The minimum absolute atomic E-state index is 0.139. The van der Waals surface area contributed by atoms with Gasteiger partial charge < -0.3 is 5.73 Å². The third-order valence-electron chi connectivity index (χ3n) is 3.90. The number of pyridine rings is 2. The highest BCUT2D eigenvalue weighted by Gasteiger charge is 2.25. The molecule has 2 heterocycles. The van der Waals surface area contributed by atoms with Gasteiger partial charge in [-0.1, -0.05) is 12.1 Å². The molecule has 5 nitrogen and oxygen atoms in total. The van der Waals surface area contributed by atoms with Crippen LogP contribution in [-0.4, -0.2) is 40.5 Å². The van der Waals surface area contributed by atoms with Crippen molar-refractivity contribution in [3.05, 3.63) is 60.2 Å². The Morgan fingerprint density at radius 1 is 0.826 bits per heavy atom. The predicted molar refractivity (Wildman–Crippen MR) is 93.1 cm³/mol. The van der Waals surface area contributed by atoms with E-state index in [2.05, 4.69) is 20.0 Å². The summed E-state index contributed by atoms with van der Waals surface area (Å²) >= 11 is 0. The summed E-state index contributed by atoms with van der Waals surface area (Å²) < 4.78 is 0. The van der Waals surface area contributed by atoms with Crippen molar-refractivity contribution in [3.8, 4) is 0 Å². The first-order valence-corrected chi connectivity index (χ1v) is 7.93. The van der Waals surface area contributed by atoms with Gasteiger partial charge in [0.25, 0.3) is 0 Å². The second-order valence-electron chi connectivity index (χ2n) is 5.84. The van der Waals surface area contributed by atoms with Crippen LogP contribution in [-0.2, 0) is 0 Å². The molecule has 2 N–H and O–H groups in total. The lowest BCUT2D eigenvalue weighted by atomic mass is 9.88. The van der Waals surface area contributed by atoms with Gasteiger partial charge in [-0.2, -0.15) is 0 Å². The summed E-state index contributed by atoms with van der Waals surface area (Å²) in [6.45, 7) is 0. The van der Waals surface area contributed by atoms with Gasteiger partial charge in [-0.15, -0.1) is 0 Å². The Kier molecular flexibility index (Phi) is 5.21. The number of aromatic nitrogens is 2. The van der Waals surface area contributed by atoms with Crippen molar-refractivity contribution < 1.29 is 0 Å². The maximum atomic E-state index is 6.17. The van der Waals surface area contributed by atoms with Gasteiger partial charge in [-0.05, 0) is 43.5 Å². The van der Waals surface area contributed by atoms with Crippen LogP contribution in [0.25, 0.3) is 0 Å². The average molecular weight is 307 g/mol. The van der Waals surface area contributed by atoms with Gasteiger partial charge in [-0.25, -0.2) is 0 Å². The highest BCUT2D eigenvalue weighted by Crippen LogP contribution is 2.23. The minimum Gasteiger partial charge on any atom is -0.328 e. The fraction of sp³-hybridized carbons (Fsp3) is 0.333. The van der Waals surface area contributed by atoms with E-state index in [1.807, 2.05) is 48.8 Å². The molecule has 2 aromatic heterocycles. The molecule has 5 heteroatoms. The van der Waals surface area contributed by atoms with Gasteiger partial charge in [0.05, 0.1) is 23.5 Å². The highest BCUT2D eigenvalue weighted by atomic mass is 14.9. The van der Waals surface area contributed by atoms with Crippen molar-refractivity contribution in [3.63, 3.8) is 0 Å². The molecule has 3 atom stereocenters. The van der Waals surface area contributed by atoms with Crippen LogP contribution in [0.1, 0.15) is 30.7 Å². The molecule has 23 heavy (non-hydrogen) atoms. The molecule has 1 aliphatic carbocycles. The molecule has 3 rings (SSSR count). The molecule has 0 saturated heterocycles. The lowest BCUT2D eigenvalue weighted by molar-refractivity contribution is 0.356. The maximum Gasteiger partial charge on any atom is 0.0807 e. The molecule has 1 unspecified atom stereocenters. The van der Waals surface area contributed by atoms with Crippen molar-refractivity contribution >= 4 is 12.4 Å². The second kappa shape index (κ2) is 7.74. The van der Waals surface area contributed by atoms with E-state index >= 15 is 0 Å². The first-order chi connectivity index (χ1) is 11.3. The van der Waals surface area contributed by atoms with Crippen molar-refractivity contribution in [1.82, 2.24) is 9.97 Å². The Bertz CT molecular complexity index is 596. The average Bonchev–Trinajstić information content (AvgIpc) is 2.60. The zero-order valence-electron chi connectivity index (χ0n) is 13.0. The van der Waals surface area contributed by atoms with Gasteiger partial charge in [0, 0.05) is 30.9 Å². The Morgan fingerprint density at radius 3 is 1.78 bits per heavy atom. The largest absolute Gasteiger partial charge is 0.328 e. The fourth-order valence-electron chi connectivity index (χ4n) is 2.81. The standard InChI is InChI=1S/C18H21N5/c19-14-9-17(22-12-15-5-1-3-7-20-15)11-18(10-14)23-13-16-6-2-4-8-21-16/h1-8,12-14,17-18H,9-11,19H2/t14?,17-,18+. The molecular weight excluding hydrogens is 286 g/mol. The molecule has 2 aromatic rings. The molecule has 0 bridgehead atoms. The van der Waals surface area contributed by atoms with Crippen LogP contribution in [0.15, 0.2) is 58.8 Å². The SMILES string of the molecule is NC1C[C@@H](N=Cc2ccccn2)C[C@@H](N=Cc2ccccn2)C1. The number of hydrogen-bond donors (Lipinski definition) is 1. The molecule has 1 aliphatic rings. The molecule has 0 aromatic carbocycles. The second-order valence-corrected chi connectivity index (χ2v) is 5.84. The quantitative estimate of drug-likeness (QED) is 0.880. The zero-order chi connectivity index (χ0) is 15.9. The number of hydrogen-bond acceptors (Lipinski definition) is 5. The Labute approximate surface area is 136 Å². The Hall–Kier alpha value is -2.40. The Morgan fingerprint density at radius 2 is 1.35 bits per heavy atom. The maximum absolute atomic E-state index is 6.17. The third kappa shape index (κ3) is 4.79. The number of aliphatic imine (C=N–C) groups is 2. The van der Waals surface area contributed by atoms with E-state index in [0.717, 1.165) is 30.7 Å². The van der Waals surface area contributed by atoms with E-state index < -0.39 is 0 Å². The number of nitrogens with zero attached hydrogens (tertiary/aromatic N) is 4. The van der Waals surface area contributed by atoms with Crippen LogP contribution in [0.5, 0.6) is 0 Å². The molecular formula is C18H21N5. The molecule has 1 saturated carbocycles. The van der Waals surface area contributed by atoms with E-state index in [0.29, 0.717) is 0 Å². The van der Waals surface area contributed by atoms with E-state index in [-0.39, 0.29) is 18.1 Å². The molecule has 1 fully saturated rings. The lowest BCUT2D eigenvalue weighted by Gasteiger charge is -2.28. The van der Waals surface area contributed by atoms with Gasteiger partial charge in [-0.3, -0.25) is 20.0 Å². The van der Waals surface area contributed by atoms with E-state index in [1.165, 1.54) is 0 Å². The summed E-state index contributed by atoms with van der Waals surface area (Å²) in [4.78, 5) is 17.8. The van der Waals surface area contributed by atoms with Crippen LogP contribution in [0, 0.1) is 0 Å². The van der Waals surface area contributed by atoms with Crippen molar-refractivity contribution in [2.75, 3.05) is 0 Å². The van der Waals surface area contributed by atoms with E-state index in [4.69, 9.17) is 5.73 Å².